The van der Waals surface area contributed by atoms with E-state index in [1.54, 1.807) is 0 Å². The first-order valence-electron chi connectivity index (χ1n) is 23.3. The van der Waals surface area contributed by atoms with Crippen LogP contribution in [-0.2, 0) is 0 Å². The quantitative estimate of drug-likeness (QED) is 0.0487. The Morgan fingerprint density at radius 2 is 0.510 bits per heavy atom. The van der Waals surface area contributed by atoms with Gasteiger partial charge in [-0.1, -0.05) is 156 Å². The van der Waals surface area contributed by atoms with Crippen LogP contribution in [0.4, 0.5) is 0 Å². The lowest BCUT2D eigenvalue weighted by atomic mass is 10.1. The standard InChI is InChI=1S/C46H100N3O2/c1-9-13-17-21-23-25-27-29-31-33-37-47(5,6)41-45(50)43-49(39-35-19-15-11-3,40-36-20-16-12-4)44-46(51)42-48(7,8)38-34-32-30-28-26-24-22-18-14-10-2/h45-46,50-51H,9-44H2,1-8H3/q+3. The van der Waals surface area contributed by atoms with Crippen LogP contribution >= 0.6 is 0 Å². The number of quaternary nitrogens is 3. The van der Waals surface area contributed by atoms with E-state index in [0.29, 0.717) is 0 Å². The molecule has 0 aromatic heterocycles. The first-order valence-corrected chi connectivity index (χ1v) is 23.3. The molecule has 0 heterocycles. The minimum absolute atomic E-state index is 0.332. The average molecular weight is 727 g/mol. The Bertz CT molecular complexity index is 667. The highest BCUT2D eigenvalue weighted by molar-refractivity contribution is 4.63. The summed E-state index contributed by atoms with van der Waals surface area (Å²) < 4.78 is 2.69. The number of rotatable bonds is 40. The summed E-state index contributed by atoms with van der Waals surface area (Å²) >= 11 is 0. The third-order valence-corrected chi connectivity index (χ3v) is 11.8. The molecule has 308 valence electrons. The number of unbranched alkanes of at least 4 members (excludes halogenated alkanes) is 24. The van der Waals surface area contributed by atoms with Crippen LogP contribution in [0.5, 0.6) is 0 Å². The third kappa shape index (κ3) is 31.8. The summed E-state index contributed by atoms with van der Waals surface area (Å²) in [6, 6.07) is 0. The number of likely N-dealkylation sites (N-methyl/N-ethyl adjacent to an activating group) is 2. The van der Waals surface area contributed by atoms with Crippen molar-refractivity contribution in [3.8, 4) is 0 Å². The fraction of sp³-hybridized carbons (Fsp3) is 1.00. The van der Waals surface area contributed by atoms with Gasteiger partial charge in [-0.05, 0) is 51.4 Å². The van der Waals surface area contributed by atoms with Crippen molar-refractivity contribution < 1.29 is 23.7 Å². The molecular weight excluding hydrogens is 627 g/mol. The molecule has 2 N–H and O–H groups in total. The van der Waals surface area contributed by atoms with Gasteiger partial charge in [0.25, 0.3) is 0 Å². The normalized spacial score (nSPS) is 14.0. The van der Waals surface area contributed by atoms with Gasteiger partial charge >= 0.3 is 0 Å². The molecule has 5 heteroatoms. The second-order valence-corrected chi connectivity index (χ2v) is 18.6. The van der Waals surface area contributed by atoms with Gasteiger partial charge in [0.15, 0.2) is 12.2 Å². The van der Waals surface area contributed by atoms with Crippen molar-refractivity contribution in [3.63, 3.8) is 0 Å². The molecule has 0 rings (SSSR count). The lowest BCUT2D eigenvalue weighted by molar-refractivity contribution is -0.948. The maximum absolute atomic E-state index is 11.8. The number of aliphatic hydroxyl groups excluding tert-OH is 2. The molecule has 0 saturated carbocycles. The van der Waals surface area contributed by atoms with Crippen LogP contribution in [0.3, 0.4) is 0 Å². The molecule has 0 aromatic rings. The van der Waals surface area contributed by atoms with Crippen LogP contribution in [-0.4, -0.2) is 116 Å². The smallest absolute Gasteiger partial charge is 0.152 e. The molecule has 2 unspecified atom stereocenters. The van der Waals surface area contributed by atoms with E-state index >= 15 is 0 Å². The first kappa shape index (κ1) is 50.8. The number of hydrogen-bond donors (Lipinski definition) is 2. The molecule has 0 aliphatic heterocycles. The lowest BCUT2D eigenvalue weighted by Crippen LogP contribution is -2.61. The molecule has 0 aliphatic rings. The Morgan fingerprint density at radius 3 is 0.784 bits per heavy atom. The van der Waals surface area contributed by atoms with Crippen LogP contribution in [0.1, 0.15) is 207 Å². The van der Waals surface area contributed by atoms with Crippen molar-refractivity contribution in [3.05, 3.63) is 0 Å². The Labute approximate surface area is 323 Å². The Hall–Kier alpha value is -0.200. The summed E-state index contributed by atoms with van der Waals surface area (Å²) in [6.07, 6.45) is 36.7. The van der Waals surface area contributed by atoms with Crippen LogP contribution in [0, 0.1) is 0 Å². The molecule has 0 amide bonds. The molecule has 0 fully saturated rings. The molecule has 0 saturated heterocycles. The molecule has 5 nitrogen and oxygen atoms in total. The number of nitrogens with zero attached hydrogens (tertiary/aromatic N) is 3. The minimum atomic E-state index is -0.332. The van der Waals surface area contributed by atoms with E-state index in [1.807, 2.05) is 0 Å². The van der Waals surface area contributed by atoms with Crippen molar-refractivity contribution >= 4 is 0 Å². The van der Waals surface area contributed by atoms with Gasteiger partial charge in [0.05, 0.1) is 54.4 Å². The molecular formula is C46H100N3O2+3. The van der Waals surface area contributed by atoms with Crippen molar-refractivity contribution in [2.45, 2.75) is 220 Å². The number of hydrogen-bond acceptors (Lipinski definition) is 2. The summed E-state index contributed by atoms with van der Waals surface area (Å²) in [5.41, 5.74) is 0. The molecule has 0 radical (unpaired) electrons. The van der Waals surface area contributed by atoms with Gasteiger partial charge in [-0.25, -0.2) is 0 Å². The van der Waals surface area contributed by atoms with Gasteiger partial charge in [-0.15, -0.1) is 0 Å². The largest absolute Gasteiger partial charge is 0.382 e. The highest BCUT2D eigenvalue weighted by Gasteiger charge is 2.36. The highest BCUT2D eigenvalue weighted by atomic mass is 16.3. The van der Waals surface area contributed by atoms with E-state index in [1.165, 1.54) is 180 Å². The van der Waals surface area contributed by atoms with E-state index in [0.717, 1.165) is 65.8 Å². The predicted octanol–water partition coefficient (Wildman–Crippen LogP) is 11.7. The van der Waals surface area contributed by atoms with Gasteiger partial charge in [-0.2, -0.15) is 0 Å². The topological polar surface area (TPSA) is 40.5 Å². The molecule has 0 spiro atoms. The van der Waals surface area contributed by atoms with Gasteiger partial charge in [0, 0.05) is 0 Å². The van der Waals surface area contributed by atoms with Crippen molar-refractivity contribution in [2.24, 2.45) is 0 Å². The predicted molar refractivity (Wildman–Crippen MR) is 227 cm³/mol. The third-order valence-electron chi connectivity index (χ3n) is 11.8. The van der Waals surface area contributed by atoms with Crippen molar-refractivity contribution in [1.82, 2.24) is 0 Å². The Kier molecular flexibility index (Phi) is 33.0. The van der Waals surface area contributed by atoms with Gasteiger partial charge in [-0.3, -0.25) is 0 Å². The SMILES string of the molecule is CCCCCCCCCCCC[N+](C)(C)CC(O)C[N+](CCCCCC)(CCCCCC)CC(O)C[N+](C)(C)CCCCCCCCCCCC. The minimum Gasteiger partial charge on any atom is -0.382 e. The van der Waals surface area contributed by atoms with Crippen LogP contribution in [0.2, 0.25) is 0 Å². The van der Waals surface area contributed by atoms with Gasteiger partial charge < -0.3 is 23.7 Å². The maximum Gasteiger partial charge on any atom is 0.152 e. The molecule has 0 bridgehead atoms. The summed E-state index contributed by atoms with van der Waals surface area (Å²) in [5, 5.41) is 23.5. The lowest BCUT2D eigenvalue weighted by Gasteiger charge is -2.43. The van der Waals surface area contributed by atoms with Crippen LogP contribution in [0.25, 0.3) is 0 Å². The van der Waals surface area contributed by atoms with E-state index < -0.39 is 0 Å². The Morgan fingerprint density at radius 1 is 0.294 bits per heavy atom. The zero-order valence-electron chi connectivity index (χ0n) is 36.8. The zero-order valence-corrected chi connectivity index (χ0v) is 36.8. The highest BCUT2D eigenvalue weighted by Crippen LogP contribution is 2.21. The van der Waals surface area contributed by atoms with Crippen molar-refractivity contribution in [2.75, 3.05) is 80.5 Å². The second-order valence-electron chi connectivity index (χ2n) is 18.6. The fourth-order valence-electron chi connectivity index (χ4n) is 8.69. The molecule has 0 aromatic carbocycles. The Balaban J connectivity index is 5.18. The van der Waals surface area contributed by atoms with E-state index in [-0.39, 0.29) is 12.2 Å². The maximum atomic E-state index is 11.8. The van der Waals surface area contributed by atoms with Crippen molar-refractivity contribution in [1.29, 1.82) is 0 Å². The molecule has 2 atom stereocenters. The van der Waals surface area contributed by atoms with Gasteiger partial charge in [0.2, 0.25) is 0 Å². The van der Waals surface area contributed by atoms with Crippen LogP contribution in [0.15, 0.2) is 0 Å². The zero-order chi connectivity index (χ0) is 38.1. The summed E-state index contributed by atoms with van der Waals surface area (Å²) in [4.78, 5) is 0. The first-order chi connectivity index (χ1) is 24.4. The number of aliphatic hydroxyl groups is 2. The molecule has 51 heavy (non-hydrogen) atoms. The monoisotopic (exact) mass is 727 g/mol. The summed E-state index contributed by atoms with van der Waals surface area (Å²) in [7, 11) is 9.32. The van der Waals surface area contributed by atoms with E-state index in [4.69, 9.17) is 0 Å². The average Bonchev–Trinajstić information content (AvgIpc) is 3.06. The summed E-state index contributed by atoms with van der Waals surface area (Å²) in [5.74, 6) is 0. The van der Waals surface area contributed by atoms with Gasteiger partial charge in [0.1, 0.15) is 26.2 Å². The van der Waals surface area contributed by atoms with Crippen LogP contribution < -0.4 is 0 Å². The molecule has 0 aliphatic carbocycles. The summed E-state index contributed by atoms with van der Waals surface area (Å²) in [6.45, 7) is 16.9. The fourth-order valence-corrected chi connectivity index (χ4v) is 8.69. The second kappa shape index (κ2) is 33.2. The van der Waals surface area contributed by atoms with E-state index in [9.17, 15) is 10.2 Å². The van der Waals surface area contributed by atoms with E-state index in [2.05, 4.69) is 55.9 Å².